The topological polar surface area (TPSA) is 53.7 Å². The van der Waals surface area contributed by atoms with E-state index in [4.69, 9.17) is 4.42 Å². The normalized spacial score (nSPS) is 22.6. The molecule has 0 saturated carbocycles. The van der Waals surface area contributed by atoms with E-state index in [1.54, 1.807) is 6.07 Å². The van der Waals surface area contributed by atoms with Crippen LogP contribution in [0.4, 0.5) is 4.39 Å². The summed E-state index contributed by atoms with van der Waals surface area (Å²) in [5.41, 5.74) is 1.71. The molecule has 106 valence electrons. The molecular formula is C15H16FNO3. The maximum Gasteiger partial charge on any atom is 0.290 e. The van der Waals surface area contributed by atoms with Gasteiger partial charge in [0.2, 0.25) is 0 Å². The number of nitrogens with zero attached hydrogens (tertiary/aromatic N) is 1. The minimum absolute atomic E-state index is 0.0140. The van der Waals surface area contributed by atoms with E-state index in [1.807, 2.05) is 25.1 Å². The molecule has 1 aromatic heterocycles. The van der Waals surface area contributed by atoms with Crippen molar-refractivity contribution in [2.75, 3.05) is 13.2 Å². The summed E-state index contributed by atoms with van der Waals surface area (Å²) < 4.78 is 18.9. The molecule has 0 spiro atoms. The Bertz CT molecular complexity index is 652. The number of fused-ring (bicyclic) bond motifs is 1. The zero-order valence-corrected chi connectivity index (χ0v) is 11.2. The highest BCUT2D eigenvalue weighted by molar-refractivity contribution is 5.96. The summed E-state index contributed by atoms with van der Waals surface area (Å²) in [6.07, 6.45) is -0.899. The van der Waals surface area contributed by atoms with Gasteiger partial charge in [0.05, 0.1) is 19.2 Å². The van der Waals surface area contributed by atoms with Crippen LogP contribution in [-0.4, -0.2) is 41.3 Å². The molecule has 20 heavy (non-hydrogen) atoms. The molecule has 1 fully saturated rings. The second kappa shape index (κ2) is 4.90. The lowest BCUT2D eigenvalue weighted by atomic mass is 10.2. The third-order valence-electron chi connectivity index (χ3n) is 3.72. The second-order valence-electron chi connectivity index (χ2n) is 5.28. The zero-order chi connectivity index (χ0) is 14.3. The number of rotatable bonds is 2. The summed E-state index contributed by atoms with van der Waals surface area (Å²) in [7, 11) is 0. The molecule has 3 rings (SSSR count). The van der Waals surface area contributed by atoms with Crippen LogP contribution in [0, 0.1) is 6.92 Å². The number of alkyl halides is 1. The maximum atomic E-state index is 13.4. The lowest BCUT2D eigenvalue weighted by molar-refractivity contribution is 0.0643. The molecule has 0 radical (unpaired) electrons. The quantitative estimate of drug-likeness (QED) is 0.916. The summed E-state index contributed by atoms with van der Waals surface area (Å²) in [5, 5.41) is 10.1. The summed E-state index contributed by atoms with van der Waals surface area (Å²) in [6, 6.07) is 6.86. The molecule has 2 aromatic rings. The van der Waals surface area contributed by atoms with Gasteiger partial charge in [-0.25, -0.2) is 4.39 Å². The van der Waals surface area contributed by atoms with Crippen molar-refractivity contribution in [3.63, 3.8) is 0 Å². The number of furan rings is 1. The largest absolute Gasteiger partial charge is 0.451 e. The first-order chi connectivity index (χ1) is 9.58. The van der Waals surface area contributed by atoms with Crippen molar-refractivity contribution < 1.29 is 18.7 Å². The molecule has 2 atom stereocenters. The Morgan fingerprint density at radius 3 is 3.05 bits per heavy atom. The van der Waals surface area contributed by atoms with Crippen molar-refractivity contribution in [2.24, 2.45) is 0 Å². The summed E-state index contributed by atoms with van der Waals surface area (Å²) in [5.74, 6) is -0.170. The minimum atomic E-state index is -1.08. The maximum absolute atomic E-state index is 13.4. The van der Waals surface area contributed by atoms with Crippen molar-refractivity contribution in [1.82, 2.24) is 4.90 Å². The first kappa shape index (κ1) is 13.1. The van der Waals surface area contributed by atoms with Gasteiger partial charge in [-0.15, -0.1) is 0 Å². The molecule has 1 N–H and O–H groups in total. The molecule has 0 aliphatic carbocycles. The smallest absolute Gasteiger partial charge is 0.290 e. The minimum Gasteiger partial charge on any atom is -0.451 e. The molecule has 1 amide bonds. The number of aryl methyl sites for hydroxylation is 1. The number of hydrogen-bond acceptors (Lipinski definition) is 3. The van der Waals surface area contributed by atoms with Crippen molar-refractivity contribution in [3.05, 3.63) is 35.6 Å². The molecule has 5 heteroatoms. The van der Waals surface area contributed by atoms with E-state index >= 15 is 0 Å². The number of carbonyl (C=O) groups is 1. The van der Waals surface area contributed by atoms with Crippen molar-refractivity contribution in [2.45, 2.75) is 25.6 Å². The van der Waals surface area contributed by atoms with Crippen LogP contribution in [0.2, 0.25) is 0 Å². The van der Waals surface area contributed by atoms with Crippen LogP contribution < -0.4 is 0 Å². The summed E-state index contributed by atoms with van der Waals surface area (Å²) in [4.78, 5) is 13.7. The van der Waals surface area contributed by atoms with E-state index in [1.165, 1.54) is 4.90 Å². The van der Waals surface area contributed by atoms with Gasteiger partial charge in [0.1, 0.15) is 11.8 Å². The van der Waals surface area contributed by atoms with E-state index in [0.29, 0.717) is 5.58 Å². The average Bonchev–Trinajstić information content (AvgIpc) is 3.00. The van der Waals surface area contributed by atoms with Crippen LogP contribution in [0.25, 0.3) is 11.0 Å². The summed E-state index contributed by atoms with van der Waals surface area (Å²) >= 11 is 0. The van der Waals surface area contributed by atoms with Gasteiger partial charge in [-0.05, 0) is 25.1 Å². The number of aliphatic hydroxyl groups is 1. The van der Waals surface area contributed by atoms with Gasteiger partial charge in [-0.1, -0.05) is 11.6 Å². The van der Waals surface area contributed by atoms with Gasteiger partial charge in [-0.3, -0.25) is 4.79 Å². The Morgan fingerprint density at radius 1 is 1.50 bits per heavy atom. The van der Waals surface area contributed by atoms with Crippen molar-refractivity contribution in [3.8, 4) is 0 Å². The number of aliphatic hydroxyl groups excluding tert-OH is 1. The Hall–Kier alpha value is -1.88. The number of amides is 1. The highest BCUT2D eigenvalue weighted by Crippen LogP contribution is 2.26. The van der Waals surface area contributed by atoms with Gasteiger partial charge >= 0.3 is 0 Å². The monoisotopic (exact) mass is 277 g/mol. The average molecular weight is 277 g/mol. The van der Waals surface area contributed by atoms with Crippen LogP contribution >= 0.6 is 0 Å². The van der Waals surface area contributed by atoms with Gasteiger partial charge in [0, 0.05) is 11.8 Å². The molecule has 1 saturated heterocycles. The Balaban J connectivity index is 1.92. The fourth-order valence-electron chi connectivity index (χ4n) is 2.69. The molecule has 1 aliphatic rings. The van der Waals surface area contributed by atoms with E-state index in [2.05, 4.69) is 0 Å². The first-order valence-corrected chi connectivity index (χ1v) is 6.64. The Morgan fingerprint density at radius 2 is 2.30 bits per heavy atom. The number of halogens is 1. The molecule has 0 bridgehead atoms. The second-order valence-corrected chi connectivity index (χ2v) is 5.28. The van der Waals surface area contributed by atoms with E-state index in [-0.39, 0.29) is 31.2 Å². The van der Waals surface area contributed by atoms with Crippen LogP contribution in [0.15, 0.2) is 28.7 Å². The molecule has 0 unspecified atom stereocenters. The SMILES string of the molecule is Cc1ccc2oc(C(=O)N3C[C@@H](F)C[C@H]3CO)cc2c1. The highest BCUT2D eigenvalue weighted by Gasteiger charge is 2.36. The van der Waals surface area contributed by atoms with E-state index < -0.39 is 12.2 Å². The molecular weight excluding hydrogens is 261 g/mol. The predicted molar refractivity (Wildman–Crippen MR) is 72.4 cm³/mol. The predicted octanol–water partition coefficient (Wildman–Crippen LogP) is 2.29. The van der Waals surface area contributed by atoms with Crippen LogP contribution in [-0.2, 0) is 0 Å². The van der Waals surface area contributed by atoms with Crippen LogP contribution in [0.3, 0.4) is 0 Å². The number of likely N-dealkylation sites (tertiary alicyclic amines) is 1. The summed E-state index contributed by atoms with van der Waals surface area (Å²) in [6.45, 7) is 1.75. The molecule has 1 aliphatic heterocycles. The van der Waals surface area contributed by atoms with E-state index in [0.717, 1.165) is 10.9 Å². The zero-order valence-electron chi connectivity index (χ0n) is 11.2. The lowest BCUT2D eigenvalue weighted by Crippen LogP contribution is -2.37. The highest BCUT2D eigenvalue weighted by atomic mass is 19.1. The first-order valence-electron chi connectivity index (χ1n) is 6.64. The van der Waals surface area contributed by atoms with Gasteiger partial charge < -0.3 is 14.4 Å². The third kappa shape index (κ3) is 2.18. The molecule has 4 nitrogen and oxygen atoms in total. The van der Waals surface area contributed by atoms with Gasteiger partial charge in [-0.2, -0.15) is 0 Å². The fourth-order valence-corrected chi connectivity index (χ4v) is 2.69. The third-order valence-corrected chi connectivity index (χ3v) is 3.72. The fraction of sp³-hybridized carbons (Fsp3) is 0.400. The van der Waals surface area contributed by atoms with Gasteiger partial charge in [0.15, 0.2) is 5.76 Å². The van der Waals surface area contributed by atoms with Crippen LogP contribution in [0.5, 0.6) is 0 Å². The van der Waals surface area contributed by atoms with E-state index in [9.17, 15) is 14.3 Å². The number of benzene rings is 1. The van der Waals surface area contributed by atoms with Crippen LogP contribution in [0.1, 0.15) is 22.5 Å². The molecule has 2 heterocycles. The van der Waals surface area contributed by atoms with Gasteiger partial charge in [0.25, 0.3) is 5.91 Å². The molecule has 1 aromatic carbocycles. The van der Waals surface area contributed by atoms with Crippen molar-refractivity contribution in [1.29, 1.82) is 0 Å². The number of hydrogen-bond donors (Lipinski definition) is 1. The Kier molecular flexibility index (Phi) is 3.22. The lowest BCUT2D eigenvalue weighted by Gasteiger charge is -2.21. The Labute approximate surface area is 115 Å². The van der Waals surface area contributed by atoms with Crippen molar-refractivity contribution >= 4 is 16.9 Å². The number of carbonyl (C=O) groups excluding carboxylic acids is 1. The standard InChI is InChI=1S/C15H16FNO3/c1-9-2-3-13-10(4-9)5-14(20-13)15(19)17-7-11(16)6-12(17)8-18/h2-5,11-12,18H,6-8H2,1H3/t11-,12-/m0/s1.